The Bertz CT molecular complexity index is 125. The molecule has 68 valence electrons. The van der Waals surface area contributed by atoms with Crippen molar-refractivity contribution < 1.29 is 18.6 Å². The molecule has 0 fully saturated rings. The second-order valence-corrected chi connectivity index (χ2v) is 3.76. The molecule has 0 radical (unpaired) electrons. The first-order valence-corrected chi connectivity index (χ1v) is 4.28. The fourth-order valence-corrected chi connectivity index (χ4v) is 1.04. The molecule has 0 N–H and O–H groups in total. The lowest BCUT2D eigenvalue weighted by molar-refractivity contribution is -0.308. The molecule has 0 rings (SSSR count). The lowest BCUT2D eigenvalue weighted by Crippen LogP contribution is -2.53. The maximum absolute atomic E-state index is 13.5. The molecule has 0 heterocycles. The van der Waals surface area contributed by atoms with E-state index in [1.807, 2.05) is 0 Å². The summed E-state index contributed by atoms with van der Waals surface area (Å²) in [5.41, 5.74) is -1.81. The Labute approximate surface area is 69.2 Å². The van der Waals surface area contributed by atoms with Crippen LogP contribution in [0.5, 0.6) is 0 Å². The standard InChI is InChI=1S/C6H15FO3Si/c1-5(8-2,9-3)6(7,11)10-4/h1-4,11H3. The average molecular weight is 182 g/mol. The van der Waals surface area contributed by atoms with Gasteiger partial charge in [-0.05, 0) is 6.92 Å². The van der Waals surface area contributed by atoms with Crippen LogP contribution in [0.1, 0.15) is 6.92 Å². The number of hydrogen-bond donors (Lipinski definition) is 0. The third kappa shape index (κ3) is 1.99. The summed E-state index contributed by atoms with van der Waals surface area (Å²) in [5, 5.41) is 0. The number of ether oxygens (including phenoxy) is 3. The summed E-state index contributed by atoms with van der Waals surface area (Å²) in [6.45, 7) is 1.50. The largest absolute Gasteiger partial charge is 0.349 e. The van der Waals surface area contributed by atoms with Gasteiger partial charge in [0, 0.05) is 21.3 Å². The third-order valence-corrected chi connectivity index (χ3v) is 3.29. The molecule has 3 nitrogen and oxygen atoms in total. The Morgan fingerprint density at radius 1 is 1.09 bits per heavy atom. The molecule has 5 heteroatoms. The molecule has 1 atom stereocenters. The highest BCUT2D eigenvalue weighted by atomic mass is 28.1. The van der Waals surface area contributed by atoms with Crippen molar-refractivity contribution in [2.24, 2.45) is 0 Å². The van der Waals surface area contributed by atoms with E-state index in [4.69, 9.17) is 9.47 Å². The second-order valence-electron chi connectivity index (χ2n) is 2.47. The van der Waals surface area contributed by atoms with E-state index in [1.165, 1.54) is 28.3 Å². The van der Waals surface area contributed by atoms with Crippen LogP contribution < -0.4 is 0 Å². The number of alkyl halides is 1. The number of halogens is 1. The third-order valence-electron chi connectivity index (χ3n) is 1.97. The number of rotatable bonds is 4. The van der Waals surface area contributed by atoms with Crippen molar-refractivity contribution in [1.29, 1.82) is 0 Å². The summed E-state index contributed by atoms with van der Waals surface area (Å²) < 4.78 is 27.8. The van der Waals surface area contributed by atoms with Crippen molar-refractivity contribution in [1.82, 2.24) is 0 Å². The summed E-state index contributed by atoms with van der Waals surface area (Å²) in [6.07, 6.45) is 0. The average Bonchev–Trinajstić information content (AvgIpc) is 2.02. The van der Waals surface area contributed by atoms with E-state index in [-0.39, 0.29) is 10.2 Å². The van der Waals surface area contributed by atoms with Gasteiger partial charge < -0.3 is 14.2 Å². The van der Waals surface area contributed by atoms with Gasteiger partial charge in [-0.15, -0.1) is 0 Å². The highest BCUT2D eigenvalue weighted by Gasteiger charge is 2.46. The Hall–Kier alpha value is 0.0269. The SMILES string of the molecule is COC(F)([SiH3])C(C)(OC)OC. The van der Waals surface area contributed by atoms with Crippen molar-refractivity contribution in [2.75, 3.05) is 21.3 Å². The molecular weight excluding hydrogens is 167 g/mol. The van der Waals surface area contributed by atoms with Crippen molar-refractivity contribution in [2.45, 2.75) is 18.2 Å². The van der Waals surface area contributed by atoms with Gasteiger partial charge in [-0.3, -0.25) is 0 Å². The van der Waals surface area contributed by atoms with E-state index in [0.29, 0.717) is 0 Å². The molecule has 1 unspecified atom stereocenters. The van der Waals surface area contributed by atoms with Gasteiger partial charge in [0.05, 0.1) is 10.2 Å². The molecule has 0 bridgehead atoms. The van der Waals surface area contributed by atoms with Crippen LogP contribution in [0.4, 0.5) is 4.39 Å². The Balaban J connectivity index is 4.47. The number of hydrogen-bond acceptors (Lipinski definition) is 3. The summed E-state index contributed by atoms with van der Waals surface area (Å²) in [6, 6.07) is 0. The molecule has 0 aliphatic rings. The molecule has 11 heavy (non-hydrogen) atoms. The van der Waals surface area contributed by atoms with Gasteiger partial charge in [-0.2, -0.15) is 0 Å². The van der Waals surface area contributed by atoms with Crippen LogP contribution in [-0.2, 0) is 14.2 Å². The first kappa shape index (κ1) is 11.0. The van der Waals surface area contributed by atoms with Crippen LogP contribution in [0.25, 0.3) is 0 Å². The van der Waals surface area contributed by atoms with E-state index < -0.39 is 11.3 Å². The van der Waals surface area contributed by atoms with E-state index in [1.54, 1.807) is 0 Å². The highest BCUT2D eigenvalue weighted by molar-refractivity contribution is 6.14. The zero-order valence-corrected chi connectivity index (χ0v) is 9.60. The van der Waals surface area contributed by atoms with Crippen LogP contribution >= 0.6 is 0 Å². The zero-order valence-electron chi connectivity index (χ0n) is 7.60. The van der Waals surface area contributed by atoms with E-state index in [0.717, 1.165) is 0 Å². The fraction of sp³-hybridized carbons (Fsp3) is 1.00. The lowest BCUT2D eigenvalue weighted by Gasteiger charge is -2.36. The monoisotopic (exact) mass is 182 g/mol. The quantitative estimate of drug-likeness (QED) is 0.438. The normalized spacial score (nSPS) is 18.3. The molecule has 0 saturated carbocycles. The molecule has 0 saturated heterocycles. The Morgan fingerprint density at radius 3 is 1.55 bits per heavy atom. The van der Waals surface area contributed by atoms with Gasteiger partial charge in [0.15, 0.2) is 0 Å². The van der Waals surface area contributed by atoms with Crippen LogP contribution in [0, 0.1) is 0 Å². The molecule has 0 aliphatic carbocycles. The van der Waals surface area contributed by atoms with Crippen LogP contribution in [0.3, 0.4) is 0 Å². The molecule has 0 aliphatic heterocycles. The Morgan fingerprint density at radius 2 is 1.45 bits per heavy atom. The summed E-state index contributed by atoms with van der Waals surface area (Å²) >= 11 is 0. The van der Waals surface area contributed by atoms with Gasteiger partial charge in [-0.1, -0.05) is 0 Å². The second kappa shape index (κ2) is 3.62. The first-order valence-electron chi connectivity index (χ1n) is 3.28. The first-order chi connectivity index (χ1) is 4.93. The minimum atomic E-state index is -1.81. The fourth-order valence-electron chi connectivity index (χ4n) is 0.633. The minimum absolute atomic E-state index is 0.187. The van der Waals surface area contributed by atoms with Crippen molar-refractivity contribution in [3.05, 3.63) is 0 Å². The lowest BCUT2D eigenvalue weighted by atomic mass is 10.3. The van der Waals surface area contributed by atoms with Gasteiger partial charge in [0.1, 0.15) is 0 Å². The van der Waals surface area contributed by atoms with Gasteiger partial charge in [0.2, 0.25) is 11.3 Å². The van der Waals surface area contributed by atoms with E-state index in [2.05, 4.69) is 4.74 Å². The van der Waals surface area contributed by atoms with Crippen LogP contribution in [-0.4, -0.2) is 42.8 Å². The number of methoxy groups -OCH3 is 3. The maximum Gasteiger partial charge on any atom is 0.233 e. The van der Waals surface area contributed by atoms with Gasteiger partial charge >= 0.3 is 0 Å². The molecule has 0 aromatic carbocycles. The molecule has 0 spiro atoms. The Kier molecular flexibility index (Phi) is 3.63. The molecule has 0 aromatic rings. The highest BCUT2D eigenvalue weighted by Crippen LogP contribution is 2.27. The maximum atomic E-state index is 13.5. The molecule has 0 aromatic heterocycles. The van der Waals surface area contributed by atoms with Crippen molar-refractivity contribution in [3.8, 4) is 0 Å². The van der Waals surface area contributed by atoms with Crippen LogP contribution in [0.2, 0.25) is 0 Å². The van der Waals surface area contributed by atoms with Crippen molar-refractivity contribution >= 4 is 10.2 Å². The molecule has 0 amide bonds. The minimum Gasteiger partial charge on any atom is -0.349 e. The van der Waals surface area contributed by atoms with E-state index >= 15 is 0 Å². The topological polar surface area (TPSA) is 27.7 Å². The summed E-state index contributed by atoms with van der Waals surface area (Å²) in [7, 11) is 4.25. The summed E-state index contributed by atoms with van der Waals surface area (Å²) in [5.74, 6) is -1.30. The van der Waals surface area contributed by atoms with Crippen LogP contribution in [0.15, 0.2) is 0 Å². The predicted molar refractivity (Wildman–Crippen MR) is 43.2 cm³/mol. The van der Waals surface area contributed by atoms with Gasteiger partial charge in [0.25, 0.3) is 0 Å². The summed E-state index contributed by atoms with van der Waals surface area (Å²) in [4.78, 5) is 0. The van der Waals surface area contributed by atoms with Gasteiger partial charge in [-0.25, -0.2) is 4.39 Å². The predicted octanol–water partition coefficient (Wildman–Crippen LogP) is -0.370. The smallest absolute Gasteiger partial charge is 0.233 e. The zero-order chi connectivity index (χ0) is 9.12. The van der Waals surface area contributed by atoms with E-state index in [9.17, 15) is 4.39 Å². The van der Waals surface area contributed by atoms with Crippen molar-refractivity contribution in [3.63, 3.8) is 0 Å². The molecular formula is C6H15FO3Si.